The summed E-state index contributed by atoms with van der Waals surface area (Å²) in [5.74, 6) is 2.14. The third-order valence-electron chi connectivity index (χ3n) is 1.68. The van der Waals surface area contributed by atoms with Crippen molar-refractivity contribution in [2.75, 3.05) is 11.5 Å². The maximum Gasteiger partial charge on any atom is 0.216 e. The molecular formula is C7H14N4S. The van der Waals surface area contributed by atoms with E-state index in [2.05, 4.69) is 29.0 Å². The fourth-order valence-electron chi connectivity index (χ4n) is 0.657. The molecule has 5 heteroatoms. The lowest BCUT2D eigenvalue weighted by molar-refractivity contribution is 0.636. The number of nitrogens with zero attached hydrogens (tertiary/aromatic N) is 2. The van der Waals surface area contributed by atoms with Crippen LogP contribution >= 0.6 is 11.8 Å². The largest absolute Gasteiger partial charge is 0.368 e. The molecule has 4 nitrogen and oxygen atoms in total. The van der Waals surface area contributed by atoms with Gasteiger partial charge in [0, 0.05) is 5.75 Å². The van der Waals surface area contributed by atoms with Gasteiger partial charge in [0.05, 0.1) is 0 Å². The van der Waals surface area contributed by atoms with Gasteiger partial charge in [-0.25, -0.2) is 5.10 Å². The molecule has 0 aliphatic heterocycles. The number of nitrogens with two attached hydrogens (primary N) is 1. The van der Waals surface area contributed by atoms with Gasteiger partial charge in [-0.3, -0.25) is 0 Å². The number of aromatic nitrogens is 3. The highest BCUT2D eigenvalue weighted by atomic mass is 32.2. The summed E-state index contributed by atoms with van der Waals surface area (Å²) in [6, 6.07) is 0. The molecule has 0 aliphatic rings. The molecule has 0 amide bonds. The number of anilines is 1. The van der Waals surface area contributed by atoms with E-state index in [0.717, 1.165) is 10.9 Å². The lowest BCUT2D eigenvalue weighted by Crippen LogP contribution is -1.95. The van der Waals surface area contributed by atoms with Crippen LogP contribution in [0.1, 0.15) is 20.3 Å². The van der Waals surface area contributed by atoms with E-state index in [1.165, 1.54) is 6.42 Å². The molecule has 0 spiro atoms. The van der Waals surface area contributed by atoms with Crippen LogP contribution < -0.4 is 5.73 Å². The lowest BCUT2D eigenvalue weighted by atomic mass is 10.2. The number of rotatable bonds is 4. The average Bonchev–Trinajstić information content (AvgIpc) is 2.47. The minimum absolute atomic E-state index is 0.390. The van der Waals surface area contributed by atoms with Crippen molar-refractivity contribution in [2.24, 2.45) is 5.92 Å². The Bertz CT molecular complexity index is 235. The van der Waals surface area contributed by atoms with Crippen molar-refractivity contribution in [1.29, 1.82) is 0 Å². The minimum atomic E-state index is 0.390. The summed E-state index contributed by atoms with van der Waals surface area (Å²) >= 11 is 1.64. The first kappa shape index (κ1) is 9.38. The van der Waals surface area contributed by atoms with E-state index in [1.807, 2.05) is 0 Å². The highest BCUT2D eigenvalue weighted by Gasteiger charge is 2.03. The van der Waals surface area contributed by atoms with E-state index in [4.69, 9.17) is 5.73 Å². The van der Waals surface area contributed by atoms with Crippen LogP contribution in [0, 0.1) is 5.92 Å². The molecule has 0 aromatic carbocycles. The molecule has 12 heavy (non-hydrogen) atoms. The van der Waals surface area contributed by atoms with E-state index < -0.39 is 0 Å². The molecule has 1 aromatic heterocycles. The van der Waals surface area contributed by atoms with Crippen molar-refractivity contribution < 1.29 is 0 Å². The van der Waals surface area contributed by atoms with Crippen LogP contribution in [0.3, 0.4) is 0 Å². The van der Waals surface area contributed by atoms with Gasteiger partial charge in [-0.1, -0.05) is 32.0 Å². The van der Waals surface area contributed by atoms with Crippen molar-refractivity contribution >= 4 is 17.7 Å². The molecule has 0 radical (unpaired) electrons. The van der Waals surface area contributed by atoms with Crippen molar-refractivity contribution in [3.05, 3.63) is 0 Å². The van der Waals surface area contributed by atoms with Crippen LogP contribution in [-0.4, -0.2) is 20.9 Å². The molecule has 1 atom stereocenters. The van der Waals surface area contributed by atoms with E-state index in [-0.39, 0.29) is 0 Å². The van der Waals surface area contributed by atoms with Crippen LogP contribution in [0.4, 0.5) is 5.95 Å². The summed E-state index contributed by atoms with van der Waals surface area (Å²) in [4.78, 5) is 3.99. The topological polar surface area (TPSA) is 67.6 Å². The van der Waals surface area contributed by atoms with Gasteiger partial charge < -0.3 is 5.73 Å². The number of thioether (sulfide) groups is 1. The quantitative estimate of drug-likeness (QED) is 0.700. The molecule has 68 valence electrons. The second kappa shape index (κ2) is 4.35. The standard InChI is InChI=1S/C7H14N4S/c1-3-5(2)4-12-7-9-6(8)10-11-7/h5H,3-4H2,1-2H3,(H3,8,9,10,11). The van der Waals surface area contributed by atoms with Crippen LogP contribution in [0.5, 0.6) is 0 Å². The summed E-state index contributed by atoms with van der Waals surface area (Å²) in [6.07, 6.45) is 1.19. The predicted octanol–water partition coefficient (Wildman–Crippen LogP) is 1.53. The van der Waals surface area contributed by atoms with Gasteiger partial charge >= 0.3 is 0 Å². The molecule has 0 saturated carbocycles. The first-order chi connectivity index (χ1) is 5.72. The summed E-state index contributed by atoms with van der Waals surface area (Å²) < 4.78 is 0. The molecule has 0 bridgehead atoms. The van der Waals surface area contributed by atoms with Gasteiger partial charge in [-0.15, -0.1) is 5.10 Å². The van der Waals surface area contributed by atoms with E-state index in [9.17, 15) is 0 Å². The lowest BCUT2D eigenvalue weighted by Gasteiger charge is -2.03. The Morgan fingerprint density at radius 1 is 1.67 bits per heavy atom. The highest BCUT2D eigenvalue weighted by Crippen LogP contribution is 2.17. The molecule has 0 aliphatic carbocycles. The minimum Gasteiger partial charge on any atom is -0.368 e. The Labute approximate surface area is 76.3 Å². The third kappa shape index (κ3) is 2.73. The Kier molecular flexibility index (Phi) is 3.40. The van der Waals surface area contributed by atoms with Gasteiger partial charge in [-0.2, -0.15) is 4.98 Å². The van der Waals surface area contributed by atoms with Crippen molar-refractivity contribution in [2.45, 2.75) is 25.4 Å². The Morgan fingerprint density at radius 3 is 2.92 bits per heavy atom. The Morgan fingerprint density at radius 2 is 2.42 bits per heavy atom. The Balaban J connectivity index is 2.33. The maximum atomic E-state index is 5.37. The van der Waals surface area contributed by atoms with E-state index in [1.54, 1.807) is 11.8 Å². The fourth-order valence-corrected chi connectivity index (χ4v) is 1.60. The zero-order valence-corrected chi connectivity index (χ0v) is 8.19. The normalized spacial score (nSPS) is 13.2. The van der Waals surface area contributed by atoms with Crippen molar-refractivity contribution in [3.8, 4) is 0 Å². The molecule has 1 rings (SSSR count). The van der Waals surface area contributed by atoms with Crippen LogP contribution in [0.2, 0.25) is 0 Å². The number of aromatic amines is 1. The smallest absolute Gasteiger partial charge is 0.216 e. The molecule has 1 heterocycles. The second-order valence-electron chi connectivity index (χ2n) is 2.83. The van der Waals surface area contributed by atoms with Crippen LogP contribution in [0.15, 0.2) is 5.16 Å². The Hall–Kier alpha value is -0.710. The van der Waals surface area contributed by atoms with E-state index in [0.29, 0.717) is 11.9 Å². The molecule has 0 saturated heterocycles. The van der Waals surface area contributed by atoms with Gasteiger partial charge in [-0.05, 0) is 5.92 Å². The SMILES string of the molecule is CCC(C)CSc1n[nH]c(N)n1. The summed E-state index contributed by atoms with van der Waals surface area (Å²) in [7, 11) is 0. The molecule has 1 aromatic rings. The number of nitrogens with one attached hydrogen (secondary N) is 1. The van der Waals surface area contributed by atoms with Crippen LogP contribution in [-0.2, 0) is 0 Å². The predicted molar refractivity (Wildman–Crippen MR) is 51.0 cm³/mol. The summed E-state index contributed by atoms with van der Waals surface area (Å²) in [5.41, 5.74) is 5.37. The van der Waals surface area contributed by atoms with Gasteiger partial charge in [0.2, 0.25) is 11.1 Å². The number of hydrogen-bond donors (Lipinski definition) is 2. The first-order valence-electron chi connectivity index (χ1n) is 4.03. The zero-order valence-electron chi connectivity index (χ0n) is 7.37. The molecule has 1 unspecified atom stereocenters. The summed E-state index contributed by atoms with van der Waals surface area (Å²) in [6.45, 7) is 4.39. The van der Waals surface area contributed by atoms with Crippen molar-refractivity contribution in [3.63, 3.8) is 0 Å². The van der Waals surface area contributed by atoms with E-state index >= 15 is 0 Å². The monoisotopic (exact) mass is 186 g/mol. The fraction of sp³-hybridized carbons (Fsp3) is 0.714. The zero-order chi connectivity index (χ0) is 8.97. The summed E-state index contributed by atoms with van der Waals surface area (Å²) in [5, 5.41) is 7.27. The number of hydrogen-bond acceptors (Lipinski definition) is 4. The average molecular weight is 186 g/mol. The van der Waals surface area contributed by atoms with Gasteiger partial charge in [0.15, 0.2) is 0 Å². The number of nitrogen functional groups attached to an aromatic ring is 1. The van der Waals surface area contributed by atoms with Gasteiger partial charge in [0.1, 0.15) is 0 Å². The molecule has 0 fully saturated rings. The second-order valence-corrected chi connectivity index (χ2v) is 3.81. The molecular weight excluding hydrogens is 172 g/mol. The highest BCUT2D eigenvalue weighted by molar-refractivity contribution is 7.99. The third-order valence-corrected chi connectivity index (χ3v) is 2.85. The van der Waals surface area contributed by atoms with Gasteiger partial charge in [0.25, 0.3) is 0 Å². The maximum absolute atomic E-state index is 5.37. The van der Waals surface area contributed by atoms with Crippen LogP contribution in [0.25, 0.3) is 0 Å². The first-order valence-corrected chi connectivity index (χ1v) is 5.01. The number of H-pyrrole nitrogens is 1. The molecule has 3 N–H and O–H groups in total. The van der Waals surface area contributed by atoms with Crippen molar-refractivity contribution in [1.82, 2.24) is 15.2 Å².